The predicted octanol–water partition coefficient (Wildman–Crippen LogP) is -3.34. The lowest BCUT2D eigenvalue weighted by Crippen LogP contribution is -2.54. The Kier molecular flexibility index (Phi) is 13.1. The maximum Gasteiger partial charge on any atom is 0.305 e. The summed E-state index contributed by atoms with van der Waals surface area (Å²) in [7, 11) is 1.51. The number of hydrogen-bond donors (Lipinski definition) is 8. The molecule has 0 radical (unpaired) electrons. The average molecular weight is 523 g/mol. The Balaban J connectivity index is 2.59. The van der Waals surface area contributed by atoms with Gasteiger partial charge in [-0.15, -0.1) is 0 Å². The van der Waals surface area contributed by atoms with Crippen molar-refractivity contribution in [1.29, 1.82) is 0 Å². The highest BCUT2D eigenvalue weighted by Crippen LogP contribution is 2.12. The van der Waals surface area contributed by atoms with E-state index in [0.717, 1.165) is 0 Å². The van der Waals surface area contributed by atoms with Gasteiger partial charge in [0.15, 0.2) is 5.96 Å². The zero-order valence-electron chi connectivity index (χ0n) is 20.4. The number of carboxylic acids is 1. The number of nitrogens with zero attached hydrogens (tertiary/aromatic N) is 1. The fourth-order valence-corrected chi connectivity index (χ4v) is 2.99. The molecule has 37 heavy (non-hydrogen) atoms. The lowest BCUT2D eigenvalue weighted by atomic mass is 10.1. The van der Waals surface area contributed by atoms with Crippen molar-refractivity contribution in [2.75, 3.05) is 20.2 Å². The zero-order chi connectivity index (χ0) is 28.0. The lowest BCUT2D eigenvalue weighted by molar-refractivity contribution is -0.142. The molecule has 4 amide bonds. The minimum Gasteiger partial charge on any atom is -0.497 e. The van der Waals surface area contributed by atoms with Crippen molar-refractivity contribution in [3.8, 4) is 5.75 Å². The second-order valence-corrected chi connectivity index (χ2v) is 8.00. The second kappa shape index (κ2) is 15.7. The molecule has 0 saturated heterocycles. The molecule has 1 rings (SSSR count). The van der Waals surface area contributed by atoms with Crippen LogP contribution in [0.2, 0.25) is 0 Å². The molecule has 0 spiro atoms. The number of hydrogen-bond acceptors (Lipinski definition) is 9. The Morgan fingerprint density at radius 3 is 2.22 bits per heavy atom. The summed E-state index contributed by atoms with van der Waals surface area (Å²) in [6.45, 7) is -0.299. The summed E-state index contributed by atoms with van der Waals surface area (Å²) < 4.78 is 5.05. The van der Waals surface area contributed by atoms with E-state index in [-0.39, 0.29) is 25.3 Å². The Hall–Kier alpha value is -4.24. The molecule has 15 nitrogen and oxygen atoms in total. The molecular weight excluding hydrogens is 488 g/mol. The monoisotopic (exact) mass is 522 g/mol. The third-order valence-corrected chi connectivity index (χ3v) is 4.96. The number of guanidine groups is 1. The van der Waals surface area contributed by atoms with E-state index in [1.807, 2.05) is 5.32 Å². The van der Waals surface area contributed by atoms with E-state index in [1.54, 1.807) is 24.3 Å². The molecule has 0 fully saturated rings. The molecular formula is C22H34N8O7. The molecule has 3 atom stereocenters. The number of carboxylic acid groups (broad SMARTS) is 1. The molecule has 0 heterocycles. The normalized spacial score (nSPS) is 12.8. The highest BCUT2D eigenvalue weighted by molar-refractivity contribution is 6.02. The van der Waals surface area contributed by atoms with Crippen LogP contribution in [0, 0.1) is 0 Å². The Labute approximate surface area is 213 Å². The number of amides is 4. The van der Waals surface area contributed by atoms with Crippen molar-refractivity contribution >= 4 is 35.6 Å². The number of methoxy groups -OCH3 is 1. The number of nitrogens with two attached hydrogens (primary N) is 4. The Morgan fingerprint density at radius 2 is 1.65 bits per heavy atom. The minimum atomic E-state index is -1.59. The first kappa shape index (κ1) is 30.8. The van der Waals surface area contributed by atoms with E-state index in [4.69, 9.17) is 32.8 Å². The van der Waals surface area contributed by atoms with Crippen molar-refractivity contribution in [3.63, 3.8) is 0 Å². The van der Waals surface area contributed by atoms with Crippen LogP contribution >= 0.6 is 0 Å². The van der Waals surface area contributed by atoms with E-state index in [2.05, 4.69) is 15.6 Å². The van der Waals surface area contributed by atoms with Gasteiger partial charge < -0.3 is 43.4 Å². The summed E-state index contributed by atoms with van der Waals surface area (Å²) in [4.78, 5) is 64.0. The number of ether oxygens (including phenoxy) is 1. The Bertz CT molecular complexity index is 980. The number of carbonyl (C=O) groups excluding carboxylic acids is 4. The molecule has 0 saturated carbocycles. The first-order valence-corrected chi connectivity index (χ1v) is 11.3. The molecule has 1 aromatic carbocycles. The fourth-order valence-electron chi connectivity index (χ4n) is 2.99. The largest absolute Gasteiger partial charge is 0.497 e. The third-order valence-electron chi connectivity index (χ3n) is 4.96. The van der Waals surface area contributed by atoms with E-state index in [0.29, 0.717) is 17.7 Å². The molecule has 0 aliphatic rings. The van der Waals surface area contributed by atoms with Crippen LogP contribution in [0.3, 0.4) is 0 Å². The van der Waals surface area contributed by atoms with Crippen molar-refractivity contribution < 1.29 is 33.8 Å². The van der Waals surface area contributed by atoms with Gasteiger partial charge in [-0.05, 0) is 37.0 Å². The van der Waals surface area contributed by atoms with Crippen molar-refractivity contribution in [3.05, 3.63) is 29.8 Å². The van der Waals surface area contributed by atoms with Crippen molar-refractivity contribution in [1.82, 2.24) is 16.0 Å². The van der Waals surface area contributed by atoms with Crippen LogP contribution in [0.15, 0.2) is 29.3 Å². The summed E-state index contributed by atoms with van der Waals surface area (Å²) in [5.74, 6) is -4.29. The zero-order valence-corrected chi connectivity index (χ0v) is 20.4. The van der Waals surface area contributed by atoms with Gasteiger partial charge in [0.2, 0.25) is 23.6 Å². The molecule has 0 aromatic heterocycles. The first-order valence-electron chi connectivity index (χ1n) is 11.3. The summed E-state index contributed by atoms with van der Waals surface area (Å²) in [5, 5.41) is 15.6. The maximum absolute atomic E-state index is 12.5. The lowest BCUT2D eigenvalue weighted by Gasteiger charge is -2.18. The van der Waals surface area contributed by atoms with Gasteiger partial charge in [0.25, 0.3) is 0 Å². The number of benzene rings is 1. The van der Waals surface area contributed by atoms with Crippen LogP contribution in [0.5, 0.6) is 5.75 Å². The topological polar surface area (TPSA) is 267 Å². The van der Waals surface area contributed by atoms with Gasteiger partial charge in [0, 0.05) is 6.54 Å². The number of carbonyl (C=O) groups is 5. The van der Waals surface area contributed by atoms with E-state index < -0.39 is 60.7 Å². The molecule has 0 bridgehead atoms. The van der Waals surface area contributed by atoms with Crippen LogP contribution < -0.4 is 43.6 Å². The Morgan fingerprint density at radius 1 is 1.00 bits per heavy atom. The van der Waals surface area contributed by atoms with Crippen LogP contribution in [0.25, 0.3) is 0 Å². The predicted molar refractivity (Wildman–Crippen MR) is 133 cm³/mol. The number of aliphatic imine (C=N–C) groups is 1. The highest BCUT2D eigenvalue weighted by Gasteiger charge is 2.27. The fraction of sp³-hybridized carbons (Fsp3) is 0.455. The molecule has 15 heteroatoms. The quantitative estimate of drug-likeness (QED) is 0.0640. The summed E-state index contributed by atoms with van der Waals surface area (Å²) >= 11 is 0. The first-order chi connectivity index (χ1) is 17.4. The van der Waals surface area contributed by atoms with Crippen molar-refractivity contribution in [2.24, 2.45) is 27.9 Å². The highest BCUT2D eigenvalue weighted by atomic mass is 16.5. The van der Waals surface area contributed by atoms with Gasteiger partial charge in [-0.3, -0.25) is 34.3 Å². The van der Waals surface area contributed by atoms with Crippen LogP contribution in [0.4, 0.5) is 0 Å². The standard InChI is InChI=1S/C22H34N8O7/c1-37-13-6-4-12(5-7-13)9-15(24)20(35)30-21(36)16(10-18(32)33)29-17(31)11-28-19(34)14(23)3-2-8-27-22(25)26/h4-7,14-16H,2-3,8-11,23-24H2,1H3,(H,28,34)(H,29,31)(H,32,33)(H4,25,26,27)(H,30,35,36). The van der Waals surface area contributed by atoms with E-state index in [9.17, 15) is 24.0 Å². The van der Waals surface area contributed by atoms with E-state index >= 15 is 0 Å². The van der Waals surface area contributed by atoms with Gasteiger partial charge in [0.1, 0.15) is 11.8 Å². The maximum atomic E-state index is 12.5. The smallest absolute Gasteiger partial charge is 0.305 e. The number of nitrogens with one attached hydrogen (secondary N) is 3. The van der Waals surface area contributed by atoms with Crippen LogP contribution in [-0.2, 0) is 30.4 Å². The number of rotatable bonds is 15. The summed E-state index contributed by atoms with van der Waals surface area (Å²) in [5.41, 5.74) is 22.7. The third kappa shape index (κ3) is 12.3. The summed E-state index contributed by atoms with van der Waals surface area (Å²) in [6.07, 6.45) is -0.0462. The molecule has 1 aromatic rings. The van der Waals surface area contributed by atoms with Gasteiger partial charge in [-0.25, -0.2) is 0 Å². The van der Waals surface area contributed by atoms with Crippen LogP contribution in [0.1, 0.15) is 24.8 Å². The minimum absolute atomic E-state index is 0.0874. The second-order valence-electron chi connectivity index (χ2n) is 8.00. The van der Waals surface area contributed by atoms with Gasteiger partial charge in [0.05, 0.1) is 32.2 Å². The molecule has 3 unspecified atom stereocenters. The van der Waals surface area contributed by atoms with E-state index in [1.165, 1.54) is 7.11 Å². The van der Waals surface area contributed by atoms with Gasteiger partial charge in [-0.2, -0.15) is 0 Å². The molecule has 0 aliphatic carbocycles. The SMILES string of the molecule is COc1ccc(CC(N)C(=O)NC(=O)C(CC(=O)O)NC(=O)CNC(=O)C(N)CCCN=C(N)N)cc1. The van der Waals surface area contributed by atoms with Crippen LogP contribution in [-0.4, -0.2) is 79.0 Å². The van der Waals surface area contributed by atoms with Gasteiger partial charge in [-0.1, -0.05) is 12.1 Å². The van der Waals surface area contributed by atoms with Gasteiger partial charge >= 0.3 is 5.97 Å². The number of aliphatic carboxylic acids is 1. The average Bonchev–Trinajstić information content (AvgIpc) is 2.84. The summed E-state index contributed by atoms with van der Waals surface area (Å²) in [6, 6.07) is 3.12. The molecule has 0 aliphatic heterocycles. The number of imide groups is 1. The molecule has 204 valence electrons. The van der Waals surface area contributed by atoms with Crippen molar-refractivity contribution in [2.45, 2.75) is 43.8 Å². The molecule has 12 N–H and O–H groups in total.